The van der Waals surface area contributed by atoms with Gasteiger partial charge in [0.1, 0.15) is 6.79 Å². The molecule has 2 saturated heterocycles. The van der Waals surface area contributed by atoms with Gasteiger partial charge in [-0.05, 0) is 72.0 Å². The number of likely N-dealkylation sites (tertiary alicyclic amines) is 1. The predicted molar refractivity (Wildman–Crippen MR) is 173 cm³/mol. The second kappa shape index (κ2) is 50.6. The topological polar surface area (TPSA) is 130 Å². The highest BCUT2D eigenvalue weighted by molar-refractivity contribution is 6.28. The first-order valence-electron chi connectivity index (χ1n) is 14.8. The molecule has 0 radical (unpaired) electrons. The average Bonchev–Trinajstić information content (AvgIpc) is 3.06. The van der Waals surface area contributed by atoms with Gasteiger partial charge in [0.15, 0.2) is 6.29 Å². The van der Waals surface area contributed by atoms with Gasteiger partial charge in [-0.2, -0.15) is 0 Å². The summed E-state index contributed by atoms with van der Waals surface area (Å²) in [6.07, 6.45) is 10.8. The van der Waals surface area contributed by atoms with Gasteiger partial charge in [0.2, 0.25) is 5.79 Å². The van der Waals surface area contributed by atoms with E-state index in [-0.39, 0.29) is 18.8 Å². The Hall–Kier alpha value is -2.20. The number of piperidine rings is 1. The van der Waals surface area contributed by atoms with E-state index in [0.717, 1.165) is 32.8 Å². The number of allylic oxidation sites excluding steroid dienone is 2. The highest BCUT2D eigenvalue weighted by Crippen LogP contribution is 2.29. The van der Waals surface area contributed by atoms with E-state index in [2.05, 4.69) is 49.8 Å². The number of aliphatic hydroxyl groups excluding tert-OH is 1. The van der Waals surface area contributed by atoms with Crippen LogP contribution in [-0.2, 0) is 28.7 Å². The van der Waals surface area contributed by atoms with E-state index in [1.807, 2.05) is 48.3 Å². The van der Waals surface area contributed by atoms with Crippen LogP contribution in [-0.4, -0.2) is 86.7 Å². The second-order valence-corrected chi connectivity index (χ2v) is 7.59. The number of nitrogens with zero attached hydrogens (tertiary/aromatic N) is 1. The molecule has 9 nitrogen and oxygen atoms in total. The van der Waals surface area contributed by atoms with Crippen molar-refractivity contribution < 1.29 is 38.9 Å². The van der Waals surface area contributed by atoms with Crippen LogP contribution in [0.15, 0.2) is 24.8 Å². The number of aldehydes is 1. The van der Waals surface area contributed by atoms with Crippen molar-refractivity contribution in [3.63, 3.8) is 0 Å². The SMILES string of the molecule is C=C.C=O.CC.CC.CC.CC/C=C(\C)CC[C@@H]1CCCC(O)(C(=O)C=O)O1.CN1CCCCC1.CO.COC=O. The number of ether oxygens (including phenoxy) is 2. The van der Waals surface area contributed by atoms with Gasteiger partial charge in [0.05, 0.1) is 13.2 Å². The Morgan fingerprint density at radius 1 is 1.00 bits per heavy atom. The fourth-order valence-corrected chi connectivity index (χ4v) is 3.33. The lowest BCUT2D eigenvalue weighted by molar-refractivity contribution is -0.240. The van der Waals surface area contributed by atoms with E-state index in [9.17, 15) is 14.7 Å². The molecule has 2 fully saturated rings. The molecule has 1 unspecified atom stereocenters. The van der Waals surface area contributed by atoms with Crippen LogP contribution in [0.25, 0.3) is 0 Å². The Morgan fingerprint density at radius 2 is 1.44 bits per heavy atom. The van der Waals surface area contributed by atoms with Gasteiger partial charge < -0.3 is 29.4 Å². The molecule has 0 aromatic heterocycles. The average molecular weight is 594 g/mol. The third kappa shape index (κ3) is 40.0. The van der Waals surface area contributed by atoms with Crippen LogP contribution >= 0.6 is 0 Å². The van der Waals surface area contributed by atoms with Gasteiger partial charge in [0.25, 0.3) is 12.3 Å². The first-order chi connectivity index (χ1) is 19.8. The smallest absolute Gasteiger partial charge is 0.292 e. The van der Waals surface area contributed by atoms with Crippen molar-refractivity contribution in [2.75, 3.05) is 34.4 Å². The molecule has 248 valence electrons. The minimum atomic E-state index is -1.88. The Balaban J connectivity index is -0.0000000832. The summed E-state index contributed by atoms with van der Waals surface area (Å²) in [5.74, 6) is -2.75. The van der Waals surface area contributed by atoms with Crippen molar-refractivity contribution in [3.05, 3.63) is 24.8 Å². The van der Waals surface area contributed by atoms with E-state index in [1.165, 1.54) is 45.0 Å². The summed E-state index contributed by atoms with van der Waals surface area (Å²) in [4.78, 5) is 41.1. The lowest BCUT2D eigenvalue weighted by Gasteiger charge is -2.34. The third-order valence-corrected chi connectivity index (χ3v) is 4.98. The van der Waals surface area contributed by atoms with Crippen molar-refractivity contribution in [1.29, 1.82) is 0 Å². The van der Waals surface area contributed by atoms with Gasteiger partial charge in [-0.3, -0.25) is 14.4 Å². The number of ketones is 1. The molecule has 2 heterocycles. The molecule has 2 rings (SSSR count). The molecule has 0 spiro atoms. The zero-order valence-electron chi connectivity index (χ0n) is 28.5. The van der Waals surface area contributed by atoms with E-state index in [0.29, 0.717) is 12.9 Å². The molecule has 0 amide bonds. The normalized spacial score (nSPS) is 18.4. The summed E-state index contributed by atoms with van der Waals surface area (Å²) >= 11 is 0. The highest BCUT2D eigenvalue weighted by atomic mass is 16.6. The number of hydrogen-bond donors (Lipinski definition) is 2. The van der Waals surface area contributed by atoms with Gasteiger partial charge in [0, 0.05) is 13.5 Å². The summed E-state index contributed by atoms with van der Waals surface area (Å²) in [5, 5.41) is 17.0. The van der Waals surface area contributed by atoms with Gasteiger partial charge in [-0.25, -0.2) is 0 Å². The quantitative estimate of drug-likeness (QED) is 0.197. The molecule has 2 N–H and O–H groups in total. The van der Waals surface area contributed by atoms with E-state index < -0.39 is 11.6 Å². The van der Waals surface area contributed by atoms with Crippen LogP contribution in [0.2, 0.25) is 0 Å². The molecule has 9 heteroatoms. The van der Waals surface area contributed by atoms with Crippen molar-refractivity contribution in [3.8, 4) is 0 Å². The van der Waals surface area contributed by atoms with Crippen LogP contribution in [0, 0.1) is 0 Å². The number of carbonyl (C=O) groups is 4. The summed E-state index contributed by atoms with van der Waals surface area (Å²) in [7, 11) is 4.51. The van der Waals surface area contributed by atoms with Crippen LogP contribution in [0.5, 0.6) is 0 Å². The fraction of sp³-hybridized carbons (Fsp3) is 0.750. The number of aliphatic hydroxyl groups is 2. The molecular formula is C32H67NO8. The second-order valence-electron chi connectivity index (χ2n) is 7.59. The maximum atomic E-state index is 11.3. The minimum absolute atomic E-state index is 0.143. The molecule has 2 aliphatic rings. The minimum Gasteiger partial charge on any atom is -0.471 e. The number of carbonyl (C=O) groups excluding carboxylic acids is 4. The Bertz CT molecular complexity index is 536. The fourth-order valence-electron chi connectivity index (χ4n) is 3.33. The zero-order chi connectivity index (χ0) is 34.1. The summed E-state index contributed by atoms with van der Waals surface area (Å²) in [6, 6.07) is 0. The number of Topliss-reactive ketones (excluding diaryl/α,β-unsaturated/α-hetero) is 1. The maximum Gasteiger partial charge on any atom is 0.292 e. The van der Waals surface area contributed by atoms with E-state index >= 15 is 0 Å². The van der Waals surface area contributed by atoms with Crippen molar-refractivity contribution in [1.82, 2.24) is 4.90 Å². The van der Waals surface area contributed by atoms with Gasteiger partial charge in [-0.15, -0.1) is 13.2 Å². The molecule has 2 atom stereocenters. The highest BCUT2D eigenvalue weighted by Gasteiger charge is 2.41. The van der Waals surface area contributed by atoms with Crippen LogP contribution in [0.4, 0.5) is 0 Å². The zero-order valence-corrected chi connectivity index (χ0v) is 28.5. The van der Waals surface area contributed by atoms with Gasteiger partial charge >= 0.3 is 0 Å². The maximum absolute atomic E-state index is 11.3. The first-order valence-corrected chi connectivity index (χ1v) is 14.8. The largest absolute Gasteiger partial charge is 0.471 e. The molecule has 0 aromatic rings. The number of methoxy groups -OCH3 is 1. The monoisotopic (exact) mass is 593 g/mol. The molecule has 0 aliphatic carbocycles. The lowest BCUT2D eigenvalue weighted by Crippen LogP contribution is -2.47. The number of rotatable bonds is 7. The third-order valence-electron chi connectivity index (χ3n) is 4.98. The van der Waals surface area contributed by atoms with Crippen LogP contribution in [0.3, 0.4) is 0 Å². The molecule has 0 saturated carbocycles. The van der Waals surface area contributed by atoms with Crippen LogP contribution < -0.4 is 0 Å². The van der Waals surface area contributed by atoms with Crippen LogP contribution in [0.1, 0.15) is 113 Å². The Labute approximate surface area is 253 Å². The number of hydrogen-bond acceptors (Lipinski definition) is 9. The molecule has 0 aromatic carbocycles. The van der Waals surface area contributed by atoms with E-state index in [4.69, 9.17) is 19.4 Å². The Kier molecular flexibility index (Phi) is 67.7. The lowest BCUT2D eigenvalue weighted by atomic mass is 9.95. The summed E-state index contributed by atoms with van der Waals surface area (Å²) < 4.78 is 9.26. The standard InChI is InChI=1S/C14H22O4.C6H13N.C2H4O2.3C2H6.C2H4.CH4O.CH2O/c1-3-5-11(2)7-8-12-6-4-9-14(17,18-12)13(16)10-15;1-7-5-3-2-4-6-7;1-4-2-3;6*1-2/h5,10,12,17H,3-4,6-9H2,1-2H3;2-6H2,1H3;2H,1H3;3*1-2H3;1-2H2;2H,1H3;1H2/b11-5+;;;;;;;;/t12-,14?;;;;;;;;/m0......../s1. The Morgan fingerprint density at radius 3 is 1.76 bits per heavy atom. The predicted octanol–water partition coefficient (Wildman–Crippen LogP) is 6.34. The summed E-state index contributed by atoms with van der Waals surface area (Å²) in [6.45, 7) is 27.2. The van der Waals surface area contributed by atoms with Crippen molar-refractivity contribution >= 4 is 25.3 Å². The van der Waals surface area contributed by atoms with Gasteiger partial charge in [-0.1, -0.05) is 66.5 Å². The molecule has 41 heavy (non-hydrogen) atoms. The van der Waals surface area contributed by atoms with Crippen molar-refractivity contribution in [2.24, 2.45) is 0 Å². The molecular weight excluding hydrogens is 526 g/mol. The summed E-state index contributed by atoms with van der Waals surface area (Å²) in [5.41, 5.74) is 1.29. The molecule has 0 bridgehead atoms. The van der Waals surface area contributed by atoms with E-state index in [1.54, 1.807) is 0 Å². The first kappa shape index (κ1) is 54.8. The molecule has 2 aliphatic heterocycles. The van der Waals surface area contributed by atoms with Crippen molar-refractivity contribution in [2.45, 2.75) is 125 Å².